The Kier molecular flexibility index (Phi) is 2.26. The Balaban J connectivity index is 0.000000720. The van der Waals surface area contributed by atoms with Crippen LogP contribution in [0.15, 0.2) is 36.5 Å². The molecule has 2 rings (SSSR count). The minimum Gasteiger partial charge on any atom is -0.506 e. The van der Waals surface area contributed by atoms with Gasteiger partial charge in [-0.3, -0.25) is 4.98 Å². The molecule has 0 atom stereocenters. The number of hydrogen-bond donors (Lipinski definition) is 1. The SMILES string of the molecule is O.Oc1cccc2cccnc12. The lowest BCUT2D eigenvalue weighted by Crippen LogP contribution is -1.76. The van der Waals surface area contributed by atoms with Gasteiger partial charge in [0.05, 0.1) is 0 Å². The topological polar surface area (TPSA) is 64.6 Å². The summed E-state index contributed by atoms with van der Waals surface area (Å²) in [5, 5.41) is 10.3. The zero-order chi connectivity index (χ0) is 7.68. The fourth-order valence-corrected chi connectivity index (χ4v) is 1.09. The molecule has 0 radical (unpaired) electrons. The summed E-state index contributed by atoms with van der Waals surface area (Å²) < 4.78 is 0. The number of fused-ring (bicyclic) bond motifs is 1. The molecule has 1 aromatic carbocycles. The smallest absolute Gasteiger partial charge is 0.141 e. The van der Waals surface area contributed by atoms with Gasteiger partial charge in [0.15, 0.2) is 0 Å². The van der Waals surface area contributed by atoms with Gasteiger partial charge in [-0.15, -0.1) is 0 Å². The van der Waals surface area contributed by atoms with E-state index in [0.29, 0.717) is 5.52 Å². The number of rotatable bonds is 0. The standard InChI is InChI=1S/C9H7NO.H2O/c11-8-5-1-3-7-4-2-6-10-9(7)8;/h1-6,11H;1H2. The molecule has 0 unspecified atom stereocenters. The molecular formula is C9H9NO2. The second-order valence-electron chi connectivity index (χ2n) is 2.35. The second-order valence-corrected chi connectivity index (χ2v) is 2.35. The average molecular weight is 163 g/mol. The van der Waals surface area contributed by atoms with E-state index in [9.17, 15) is 5.11 Å². The van der Waals surface area contributed by atoms with Crippen LogP contribution in [0.1, 0.15) is 0 Å². The van der Waals surface area contributed by atoms with Crippen LogP contribution in [0.3, 0.4) is 0 Å². The van der Waals surface area contributed by atoms with Gasteiger partial charge in [-0.1, -0.05) is 18.2 Å². The van der Waals surface area contributed by atoms with Gasteiger partial charge in [0.2, 0.25) is 0 Å². The van der Waals surface area contributed by atoms with E-state index in [2.05, 4.69) is 4.98 Å². The van der Waals surface area contributed by atoms with Crippen LogP contribution in [0.25, 0.3) is 10.9 Å². The third-order valence-corrected chi connectivity index (χ3v) is 1.61. The molecule has 0 saturated carbocycles. The lowest BCUT2D eigenvalue weighted by molar-refractivity contribution is 0.480. The van der Waals surface area contributed by atoms with Gasteiger partial charge < -0.3 is 10.6 Å². The van der Waals surface area contributed by atoms with Crippen LogP contribution in [-0.2, 0) is 0 Å². The molecule has 0 bridgehead atoms. The number of benzene rings is 1. The fraction of sp³-hybridized carbons (Fsp3) is 0. The van der Waals surface area contributed by atoms with E-state index in [1.165, 1.54) is 0 Å². The van der Waals surface area contributed by atoms with Gasteiger partial charge >= 0.3 is 0 Å². The highest BCUT2D eigenvalue weighted by molar-refractivity contribution is 5.83. The Morgan fingerprint density at radius 3 is 2.58 bits per heavy atom. The highest BCUT2D eigenvalue weighted by atomic mass is 16.3. The summed E-state index contributed by atoms with van der Waals surface area (Å²) in [5.74, 6) is 0.239. The molecular weight excluding hydrogens is 154 g/mol. The number of pyridine rings is 1. The van der Waals surface area contributed by atoms with Crippen molar-refractivity contribution in [3.8, 4) is 5.75 Å². The number of phenols is 1. The molecule has 2 aromatic rings. The second kappa shape index (κ2) is 3.19. The third-order valence-electron chi connectivity index (χ3n) is 1.61. The predicted octanol–water partition coefficient (Wildman–Crippen LogP) is 1.12. The summed E-state index contributed by atoms with van der Waals surface area (Å²) in [7, 11) is 0. The number of hydrogen-bond acceptors (Lipinski definition) is 2. The van der Waals surface area contributed by atoms with Crippen molar-refractivity contribution in [2.24, 2.45) is 0 Å². The van der Waals surface area contributed by atoms with E-state index in [1.807, 2.05) is 18.2 Å². The number of nitrogens with zero attached hydrogens (tertiary/aromatic N) is 1. The first-order valence-corrected chi connectivity index (χ1v) is 3.40. The monoisotopic (exact) mass is 163 g/mol. The van der Waals surface area contributed by atoms with Gasteiger partial charge in [-0.2, -0.15) is 0 Å². The molecule has 3 heteroatoms. The summed E-state index contributed by atoms with van der Waals surface area (Å²) in [6, 6.07) is 9.13. The molecule has 3 N–H and O–H groups in total. The van der Waals surface area contributed by atoms with Gasteiger partial charge in [-0.25, -0.2) is 0 Å². The van der Waals surface area contributed by atoms with Crippen LogP contribution < -0.4 is 0 Å². The van der Waals surface area contributed by atoms with Crippen molar-refractivity contribution in [2.45, 2.75) is 0 Å². The highest BCUT2D eigenvalue weighted by Crippen LogP contribution is 2.20. The van der Waals surface area contributed by atoms with Crippen LogP contribution in [0.5, 0.6) is 5.75 Å². The van der Waals surface area contributed by atoms with E-state index in [-0.39, 0.29) is 11.2 Å². The van der Waals surface area contributed by atoms with E-state index in [0.717, 1.165) is 5.39 Å². The molecule has 0 fully saturated rings. The summed E-state index contributed by atoms with van der Waals surface area (Å²) in [6.45, 7) is 0. The Morgan fingerprint density at radius 2 is 1.83 bits per heavy atom. The van der Waals surface area contributed by atoms with Crippen molar-refractivity contribution >= 4 is 10.9 Å². The van der Waals surface area contributed by atoms with Crippen molar-refractivity contribution in [2.75, 3.05) is 0 Å². The molecule has 12 heavy (non-hydrogen) atoms. The zero-order valence-corrected chi connectivity index (χ0v) is 6.36. The van der Waals surface area contributed by atoms with E-state index >= 15 is 0 Å². The van der Waals surface area contributed by atoms with Crippen LogP contribution in [0.2, 0.25) is 0 Å². The van der Waals surface area contributed by atoms with Crippen molar-refractivity contribution < 1.29 is 10.6 Å². The maximum Gasteiger partial charge on any atom is 0.141 e. The summed E-state index contributed by atoms with van der Waals surface area (Å²) in [6.07, 6.45) is 1.67. The van der Waals surface area contributed by atoms with E-state index < -0.39 is 0 Å². The van der Waals surface area contributed by atoms with Gasteiger partial charge in [-0.05, 0) is 12.1 Å². The molecule has 62 valence electrons. The molecule has 0 aliphatic rings. The minimum atomic E-state index is 0. The van der Waals surface area contributed by atoms with Gasteiger partial charge in [0.1, 0.15) is 11.3 Å². The van der Waals surface area contributed by atoms with Crippen molar-refractivity contribution in [1.82, 2.24) is 4.98 Å². The van der Waals surface area contributed by atoms with Crippen LogP contribution >= 0.6 is 0 Å². The summed E-state index contributed by atoms with van der Waals surface area (Å²) >= 11 is 0. The molecule has 1 aromatic heterocycles. The predicted molar refractivity (Wildman–Crippen MR) is 47.0 cm³/mol. The fourth-order valence-electron chi connectivity index (χ4n) is 1.09. The Hall–Kier alpha value is -1.61. The van der Waals surface area contributed by atoms with Crippen LogP contribution in [0, 0.1) is 0 Å². The van der Waals surface area contributed by atoms with E-state index in [1.54, 1.807) is 18.3 Å². The first kappa shape index (κ1) is 8.49. The quantitative estimate of drug-likeness (QED) is 0.632. The molecule has 0 amide bonds. The first-order valence-electron chi connectivity index (χ1n) is 3.40. The maximum atomic E-state index is 9.31. The average Bonchev–Trinajstić information content (AvgIpc) is 2.06. The lowest BCUT2D eigenvalue weighted by Gasteiger charge is -1.96. The van der Waals surface area contributed by atoms with Gasteiger partial charge in [0, 0.05) is 11.6 Å². The van der Waals surface area contributed by atoms with Crippen molar-refractivity contribution in [3.05, 3.63) is 36.5 Å². The van der Waals surface area contributed by atoms with Crippen LogP contribution in [0.4, 0.5) is 0 Å². The summed E-state index contributed by atoms with van der Waals surface area (Å²) in [4.78, 5) is 4.03. The summed E-state index contributed by atoms with van der Waals surface area (Å²) in [5.41, 5.74) is 0.662. The maximum absolute atomic E-state index is 9.31. The van der Waals surface area contributed by atoms with Crippen molar-refractivity contribution in [3.63, 3.8) is 0 Å². The molecule has 0 aliphatic carbocycles. The first-order chi connectivity index (χ1) is 5.38. The molecule has 1 heterocycles. The third kappa shape index (κ3) is 1.22. The number of phenolic OH excluding ortho intramolecular Hbond substituents is 1. The molecule has 0 saturated heterocycles. The van der Waals surface area contributed by atoms with Crippen molar-refractivity contribution in [1.29, 1.82) is 0 Å². The lowest BCUT2D eigenvalue weighted by atomic mass is 10.2. The largest absolute Gasteiger partial charge is 0.506 e. The Morgan fingerprint density at radius 1 is 1.08 bits per heavy atom. The molecule has 0 spiro atoms. The molecule has 3 nitrogen and oxygen atoms in total. The Bertz CT molecular complexity index is 382. The Labute approximate surface area is 69.6 Å². The molecule has 0 aliphatic heterocycles. The minimum absolute atomic E-state index is 0. The number of para-hydroxylation sites is 1. The van der Waals surface area contributed by atoms with Gasteiger partial charge in [0.25, 0.3) is 0 Å². The normalized spacial score (nSPS) is 9.33. The van der Waals surface area contributed by atoms with E-state index in [4.69, 9.17) is 0 Å². The van der Waals surface area contributed by atoms with Crippen LogP contribution in [-0.4, -0.2) is 15.6 Å². The number of aromatic hydroxyl groups is 1. The highest BCUT2D eigenvalue weighted by Gasteiger charge is 1.96. The number of aromatic nitrogens is 1. The zero-order valence-electron chi connectivity index (χ0n) is 6.36.